The molecule has 1 fully saturated rings. The monoisotopic (exact) mass is 339 g/mol. The van der Waals surface area contributed by atoms with Gasteiger partial charge in [-0.05, 0) is 65.9 Å². The summed E-state index contributed by atoms with van der Waals surface area (Å²) in [5.41, 5.74) is 1.37. The van der Waals surface area contributed by atoms with Crippen molar-refractivity contribution >= 4 is 15.9 Å². The first-order chi connectivity index (χ1) is 9.76. The van der Waals surface area contributed by atoms with E-state index in [4.69, 9.17) is 4.74 Å². The van der Waals surface area contributed by atoms with E-state index in [-0.39, 0.29) is 0 Å². The van der Waals surface area contributed by atoms with Crippen LogP contribution in [0.3, 0.4) is 0 Å². The second-order valence-corrected chi connectivity index (χ2v) is 6.56. The first-order valence-electron chi connectivity index (χ1n) is 7.85. The molecule has 1 aliphatic carbocycles. The maximum atomic E-state index is 5.73. The van der Waals surface area contributed by atoms with Gasteiger partial charge in [-0.15, -0.1) is 0 Å². The lowest BCUT2D eigenvalue weighted by Crippen LogP contribution is -2.26. The fourth-order valence-corrected chi connectivity index (χ4v) is 3.69. The lowest BCUT2D eigenvalue weighted by molar-refractivity contribution is 0.281. The van der Waals surface area contributed by atoms with Crippen molar-refractivity contribution in [2.75, 3.05) is 13.7 Å². The molecule has 0 amide bonds. The fourth-order valence-electron chi connectivity index (χ4n) is 3.18. The van der Waals surface area contributed by atoms with Crippen LogP contribution in [0.4, 0.5) is 0 Å². The molecule has 2 nitrogen and oxygen atoms in total. The number of halogens is 1. The summed E-state index contributed by atoms with van der Waals surface area (Å²) in [6, 6.07) is 7.00. The predicted molar refractivity (Wildman–Crippen MR) is 88.3 cm³/mol. The minimum atomic E-state index is 0.465. The number of benzene rings is 1. The van der Waals surface area contributed by atoms with Gasteiger partial charge >= 0.3 is 0 Å². The molecule has 20 heavy (non-hydrogen) atoms. The molecule has 0 bridgehead atoms. The number of hydrogen-bond donors (Lipinski definition) is 1. The van der Waals surface area contributed by atoms with Crippen molar-refractivity contribution in [2.24, 2.45) is 5.92 Å². The molecule has 0 aliphatic heterocycles. The Balaban J connectivity index is 2.11. The first kappa shape index (κ1) is 15.8. The molecule has 0 radical (unpaired) electrons. The van der Waals surface area contributed by atoms with Crippen LogP contribution in [0.2, 0.25) is 0 Å². The summed E-state index contributed by atoms with van der Waals surface area (Å²) in [4.78, 5) is 0. The zero-order valence-corrected chi connectivity index (χ0v) is 14.2. The van der Waals surface area contributed by atoms with Crippen molar-refractivity contribution in [2.45, 2.75) is 51.5 Å². The van der Waals surface area contributed by atoms with Crippen LogP contribution in [-0.4, -0.2) is 13.7 Å². The smallest absolute Gasteiger partial charge is 0.133 e. The van der Waals surface area contributed by atoms with E-state index >= 15 is 0 Å². The van der Waals surface area contributed by atoms with E-state index in [1.54, 1.807) is 0 Å². The molecule has 0 spiro atoms. The van der Waals surface area contributed by atoms with E-state index in [1.165, 1.54) is 37.7 Å². The van der Waals surface area contributed by atoms with E-state index in [1.807, 2.05) is 0 Å². The zero-order valence-electron chi connectivity index (χ0n) is 12.6. The highest BCUT2D eigenvalue weighted by Crippen LogP contribution is 2.36. The lowest BCUT2D eigenvalue weighted by atomic mass is 9.81. The number of rotatable bonds is 6. The van der Waals surface area contributed by atoms with Gasteiger partial charge in [0.05, 0.1) is 11.1 Å². The van der Waals surface area contributed by atoms with Crippen LogP contribution in [0.1, 0.15) is 57.1 Å². The van der Waals surface area contributed by atoms with E-state index < -0.39 is 0 Å². The topological polar surface area (TPSA) is 21.3 Å². The second kappa shape index (κ2) is 8.04. The molecule has 0 saturated heterocycles. The summed E-state index contributed by atoms with van der Waals surface area (Å²) in [7, 11) is 2.08. The molecule has 3 heteroatoms. The molecule has 0 aromatic heterocycles. The zero-order chi connectivity index (χ0) is 14.4. The van der Waals surface area contributed by atoms with Crippen LogP contribution in [0.15, 0.2) is 22.7 Å². The average Bonchev–Trinajstić information content (AvgIpc) is 2.48. The van der Waals surface area contributed by atoms with Gasteiger partial charge in [-0.2, -0.15) is 0 Å². The van der Waals surface area contributed by atoms with Crippen LogP contribution >= 0.6 is 15.9 Å². The van der Waals surface area contributed by atoms with Crippen LogP contribution < -0.4 is 10.1 Å². The fraction of sp³-hybridized carbons (Fsp3) is 0.647. The van der Waals surface area contributed by atoms with Gasteiger partial charge in [0.25, 0.3) is 0 Å². The Hall–Kier alpha value is -0.540. The Morgan fingerprint density at radius 2 is 2.05 bits per heavy atom. The number of hydrogen-bond acceptors (Lipinski definition) is 2. The molecule has 1 aromatic carbocycles. The van der Waals surface area contributed by atoms with Gasteiger partial charge in [0.1, 0.15) is 5.75 Å². The molecule has 1 N–H and O–H groups in total. The molecule has 1 aliphatic rings. The average molecular weight is 340 g/mol. The summed E-state index contributed by atoms with van der Waals surface area (Å²) in [5, 5.41) is 3.52. The van der Waals surface area contributed by atoms with Crippen molar-refractivity contribution in [1.82, 2.24) is 5.32 Å². The molecule has 1 unspecified atom stereocenters. The highest BCUT2D eigenvalue weighted by Gasteiger charge is 2.24. The minimum Gasteiger partial charge on any atom is -0.492 e. The number of ether oxygens (including phenoxy) is 1. The van der Waals surface area contributed by atoms with Gasteiger partial charge in [-0.25, -0.2) is 0 Å². The van der Waals surface area contributed by atoms with Gasteiger partial charge in [0, 0.05) is 6.04 Å². The minimum absolute atomic E-state index is 0.465. The van der Waals surface area contributed by atoms with Crippen molar-refractivity contribution in [1.29, 1.82) is 0 Å². The first-order valence-corrected chi connectivity index (χ1v) is 8.65. The van der Waals surface area contributed by atoms with E-state index in [9.17, 15) is 0 Å². The van der Waals surface area contributed by atoms with Crippen LogP contribution in [0, 0.1) is 5.92 Å². The standard InChI is InChI=1S/C17H26BrNO/c1-3-11-20-16-10-9-14(12-15(16)18)17(19-2)13-7-5-4-6-8-13/h9-10,12-13,17,19H,3-8,11H2,1-2H3. The van der Waals surface area contributed by atoms with Crippen LogP contribution in [0.25, 0.3) is 0 Å². The Kier molecular flexibility index (Phi) is 6.37. The molecule has 0 heterocycles. The third kappa shape index (κ3) is 3.98. The Morgan fingerprint density at radius 1 is 1.30 bits per heavy atom. The molecular weight excluding hydrogens is 314 g/mol. The largest absolute Gasteiger partial charge is 0.492 e. The summed E-state index contributed by atoms with van der Waals surface area (Å²) < 4.78 is 6.80. The Bertz CT molecular complexity index is 415. The maximum Gasteiger partial charge on any atom is 0.133 e. The predicted octanol–water partition coefficient (Wildman–Crippen LogP) is 5.08. The van der Waals surface area contributed by atoms with Crippen molar-refractivity contribution in [3.8, 4) is 5.75 Å². The van der Waals surface area contributed by atoms with Gasteiger partial charge in [-0.3, -0.25) is 0 Å². The lowest BCUT2D eigenvalue weighted by Gasteiger charge is -2.30. The normalized spacial score (nSPS) is 17.9. The van der Waals surface area contributed by atoms with Crippen LogP contribution in [-0.2, 0) is 0 Å². The Labute approximate surface area is 131 Å². The van der Waals surface area contributed by atoms with Crippen molar-refractivity contribution in [3.05, 3.63) is 28.2 Å². The Morgan fingerprint density at radius 3 is 2.65 bits per heavy atom. The molecule has 1 saturated carbocycles. The maximum absolute atomic E-state index is 5.73. The third-order valence-electron chi connectivity index (χ3n) is 4.21. The van der Waals surface area contributed by atoms with Gasteiger partial charge in [0.2, 0.25) is 0 Å². The van der Waals surface area contributed by atoms with Gasteiger partial charge in [0.15, 0.2) is 0 Å². The van der Waals surface area contributed by atoms with Gasteiger partial charge in [-0.1, -0.05) is 32.3 Å². The molecule has 1 atom stereocenters. The summed E-state index contributed by atoms with van der Waals surface area (Å²) in [6.07, 6.45) is 7.88. The van der Waals surface area contributed by atoms with E-state index in [0.29, 0.717) is 6.04 Å². The summed E-state index contributed by atoms with van der Waals surface area (Å²) >= 11 is 3.65. The van der Waals surface area contributed by atoms with Gasteiger partial charge < -0.3 is 10.1 Å². The highest BCUT2D eigenvalue weighted by molar-refractivity contribution is 9.10. The third-order valence-corrected chi connectivity index (χ3v) is 4.83. The van der Waals surface area contributed by atoms with E-state index in [2.05, 4.69) is 53.4 Å². The second-order valence-electron chi connectivity index (χ2n) is 5.70. The molecular formula is C17H26BrNO. The van der Waals surface area contributed by atoms with E-state index in [0.717, 1.165) is 29.2 Å². The summed E-state index contributed by atoms with van der Waals surface area (Å²) in [5.74, 6) is 1.72. The molecule has 2 rings (SSSR count). The van der Waals surface area contributed by atoms with Crippen molar-refractivity contribution < 1.29 is 4.74 Å². The SMILES string of the molecule is CCCOc1ccc(C(NC)C2CCCCC2)cc1Br. The highest BCUT2D eigenvalue weighted by atomic mass is 79.9. The van der Waals surface area contributed by atoms with Crippen LogP contribution in [0.5, 0.6) is 5.75 Å². The van der Waals surface area contributed by atoms with Crippen molar-refractivity contribution in [3.63, 3.8) is 0 Å². The quantitative estimate of drug-likeness (QED) is 0.780. The molecule has 112 valence electrons. The number of nitrogens with one attached hydrogen (secondary N) is 1. The summed E-state index contributed by atoms with van der Waals surface area (Å²) in [6.45, 7) is 2.90. The molecule has 1 aromatic rings.